The molecule has 20 heavy (non-hydrogen) atoms. The predicted octanol–water partition coefficient (Wildman–Crippen LogP) is 3.62. The van der Waals surface area contributed by atoms with Crippen molar-refractivity contribution >= 4 is 17.3 Å². The molecule has 1 aliphatic rings. The molecule has 3 nitrogen and oxygen atoms in total. The highest BCUT2D eigenvalue weighted by molar-refractivity contribution is 6.31. The summed E-state index contributed by atoms with van der Waals surface area (Å²) >= 11 is 6.21. The molecule has 1 heterocycles. The van der Waals surface area contributed by atoms with Gasteiger partial charge in [0, 0.05) is 35.8 Å². The van der Waals surface area contributed by atoms with Crippen molar-refractivity contribution in [3.8, 4) is 5.75 Å². The molecule has 0 spiro atoms. The van der Waals surface area contributed by atoms with Crippen molar-refractivity contribution in [3.05, 3.63) is 22.7 Å². The Bertz CT molecular complexity index is 492. The molecule has 1 aromatic rings. The molecule has 4 heteroatoms. The number of hydrogen-bond donors (Lipinski definition) is 1. The van der Waals surface area contributed by atoms with E-state index in [1.54, 1.807) is 7.11 Å². The van der Waals surface area contributed by atoms with Gasteiger partial charge in [0.2, 0.25) is 0 Å². The molecule has 0 amide bonds. The van der Waals surface area contributed by atoms with E-state index in [4.69, 9.17) is 16.3 Å². The highest BCUT2D eigenvalue weighted by Crippen LogP contribution is 2.36. The maximum absolute atomic E-state index is 6.21. The fourth-order valence-corrected chi connectivity index (χ4v) is 2.84. The number of aryl methyl sites for hydroxylation is 1. The smallest absolute Gasteiger partial charge is 0.143 e. The molecule has 1 saturated heterocycles. The van der Waals surface area contributed by atoms with Crippen LogP contribution in [0, 0.1) is 6.92 Å². The normalized spacial score (nSPS) is 26.7. The molecule has 0 radical (unpaired) electrons. The maximum Gasteiger partial charge on any atom is 0.143 e. The molecular formula is C16H25ClN2O. The number of nitrogens with zero attached hydrogens (tertiary/aromatic N) is 1. The number of nitrogens with one attached hydrogen (secondary N) is 1. The first-order chi connectivity index (χ1) is 9.40. The predicted molar refractivity (Wildman–Crippen MR) is 86.2 cm³/mol. The second-order valence-electron chi connectivity index (χ2n) is 6.05. The van der Waals surface area contributed by atoms with E-state index in [-0.39, 0.29) is 5.54 Å². The van der Waals surface area contributed by atoms with E-state index in [1.807, 2.05) is 13.0 Å². The van der Waals surface area contributed by atoms with Gasteiger partial charge < -0.3 is 15.0 Å². The summed E-state index contributed by atoms with van der Waals surface area (Å²) in [5.41, 5.74) is 2.37. The Labute approximate surface area is 127 Å². The van der Waals surface area contributed by atoms with Crippen LogP contribution in [0.15, 0.2) is 12.1 Å². The topological polar surface area (TPSA) is 24.5 Å². The standard InChI is InChI=1S/C16H25ClN2O/c1-6-16(4)10-19(12(3)9-18-16)14-7-11(2)13(17)8-15(14)20-5/h7-8,12,18H,6,9-10H2,1-5H3. The van der Waals surface area contributed by atoms with E-state index < -0.39 is 0 Å². The second kappa shape index (κ2) is 5.82. The van der Waals surface area contributed by atoms with Gasteiger partial charge in [-0.05, 0) is 38.8 Å². The fraction of sp³-hybridized carbons (Fsp3) is 0.625. The van der Waals surface area contributed by atoms with Crippen molar-refractivity contribution in [3.63, 3.8) is 0 Å². The van der Waals surface area contributed by atoms with Crippen LogP contribution < -0.4 is 15.0 Å². The number of ether oxygens (including phenoxy) is 1. The molecule has 2 atom stereocenters. The fourth-order valence-electron chi connectivity index (χ4n) is 2.69. The number of benzene rings is 1. The van der Waals surface area contributed by atoms with Gasteiger partial charge in [-0.3, -0.25) is 0 Å². The van der Waals surface area contributed by atoms with Crippen molar-refractivity contribution < 1.29 is 4.74 Å². The summed E-state index contributed by atoms with van der Waals surface area (Å²) in [7, 11) is 1.70. The number of methoxy groups -OCH3 is 1. The zero-order valence-corrected chi connectivity index (χ0v) is 13.8. The van der Waals surface area contributed by atoms with Crippen molar-refractivity contribution in [2.24, 2.45) is 0 Å². The lowest BCUT2D eigenvalue weighted by Crippen LogP contribution is -2.62. The lowest BCUT2D eigenvalue weighted by atomic mass is 9.93. The van der Waals surface area contributed by atoms with E-state index in [0.29, 0.717) is 6.04 Å². The Balaban J connectivity index is 2.40. The van der Waals surface area contributed by atoms with Gasteiger partial charge in [0.25, 0.3) is 0 Å². The Morgan fingerprint density at radius 2 is 2.20 bits per heavy atom. The van der Waals surface area contributed by atoms with Gasteiger partial charge in [-0.2, -0.15) is 0 Å². The minimum atomic E-state index is 0.144. The van der Waals surface area contributed by atoms with Crippen molar-refractivity contribution in [1.29, 1.82) is 0 Å². The van der Waals surface area contributed by atoms with E-state index in [2.05, 4.69) is 37.1 Å². The third-order valence-corrected chi connectivity index (χ3v) is 4.83. The largest absolute Gasteiger partial charge is 0.495 e. The third-order valence-electron chi connectivity index (χ3n) is 4.43. The van der Waals surface area contributed by atoms with Crippen molar-refractivity contribution in [1.82, 2.24) is 5.32 Å². The number of anilines is 1. The first-order valence-electron chi connectivity index (χ1n) is 7.26. The Hall–Kier alpha value is -0.930. The van der Waals surface area contributed by atoms with Gasteiger partial charge in [0.05, 0.1) is 12.8 Å². The van der Waals surface area contributed by atoms with Gasteiger partial charge in [-0.15, -0.1) is 0 Å². The molecule has 1 N–H and O–H groups in total. The van der Waals surface area contributed by atoms with Crippen LogP contribution in [0.3, 0.4) is 0 Å². The quantitative estimate of drug-likeness (QED) is 0.922. The van der Waals surface area contributed by atoms with Crippen LogP contribution in [0.25, 0.3) is 0 Å². The number of halogens is 1. The van der Waals surface area contributed by atoms with Crippen molar-refractivity contribution in [2.75, 3.05) is 25.1 Å². The molecule has 2 rings (SSSR count). The average molecular weight is 297 g/mol. The average Bonchev–Trinajstić information content (AvgIpc) is 2.44. The van der Waals surface area contributed by atoms with Gasteiger partial charge >= 0.3 is 0 Å². The molecule has 112 valence electrons. The van der Waals surface area contributed by atoms with Gasteiger partial charge in [0.1, 0.15) is 5.75 Å². The molecule has 0 saturated carbocycles. The number of rotatable bonds is 3. The summed E-state index contributed by atoms with van der Waals surface area (Å²) in [5, 5.41) is 4.41. The molecule has 1 fully saturated rings. The number of piperazine rings is 1. The molecule has 1 aliphatic heterocycles. The minimum absolute atomic E-state index is 0.144. The minimum Gasteiger partial charge on any atom is -0.495 e. The summed E-state index contributed by atoms with van der Waals surface area (Å²) < 4.78 is 5.54. The summed E-state index contributed by atoms with van der Waals surface area (Å²) in [6.07, 6.45) is 1.10. The van der Waals surface area contributed by atoms with Gasteiger partial charge in [-0.1, -0.05) is 18.5 Å². The zero-order chi connectivity index (χ0) is 14.9. The summed E-state index contributed by atoms with van der Waals surface area (Å²) in [4.78, 5) is 2.43. The first kappa shape index (κ1) is 15.5. The van der Waals surface area contributed by atoms with Crippen LogP contribution in [0.1, 0.15) is 32.8 Å². The Morgan fingerprint density at radius 3 is 2.80 bits per heavy atom. The van der Waals surface area contributed by atoms with E-state index >= 15 is 0 Å². The van der Waals surface area contributed by atoms with Crippen LogP contribution in [0.2, 0.25) is 5.02 Å². The monoisotopic (exact) mass is 296 g/mol. The van der Waals surface area contributed by atoms with Crippen LogP contribution in [-0.2, 0) is 0 Å². The lowest BCUT2D eigenvalue weighted by Gasteiger charge is -2.46. The molecule has 0 aromatic heterocycles. The third kappa shape index (κ3) is 2.89. The van der Waals surface area contributed by atoms with Crippen LogP contribution >= 0.6 is 11.6 Å². The Kier molecular flexibility index (Phi) is 4.50. The summed E-state index contributed by atoms with van der Waals surface area (Å²) in [6.45, 7) is 10.7. The van der Waals surface area contributed by atoms with E-state index in [1.165, 1.54) is 0 Å². The lowest BCUT2D eigenvalue weighted by molar-refractivity contribution is 0.283. The molecule has 1 aromatic carbocycles. The highest BCUT2D eigenvalue weighted by atomic mass is 35.5. The molecule has 0 bridgehead atoms. The van der Waals surface area contributed by atoms with Crippen LogP contribution in [0.5, 0.6) is 5.75 Å². The van der Waals surface area contributed by atoms with Gasteiger partial charge in [-0.25, -0.2) is 0 Å². The summed E-state index contributed by atoms with van der Waals surface area (Å²) in [5.74, 6) is 0.854. The number of hydrogen-bond acceptors (Lipinski definition) is 3. The van der Waals surface area contributed by atoms with E-state index in [9.17, 15) is 0 Å². The highest BCUT2D eigenvalue weighted by Gasteiger charge is 2.33. The maximum atomic E-state index is 6.21. The molecule has 0 aliphatic carbocycles. The SMILES string of the molecule is CCC1(C)CN(c2cc(C)c(Cl)cc2OC)C(C)CN1. The second-order valence-corrected chi connectivity index (χ2v) is 6.45. The summed E-state index contributed by atoms with van der Waals surface area (Å²) in [6, 6.07) is 4.49. The molecular weight excluding hydrogens is 272 g/mol. The van der Waals surface area contributed by atoms with E-state index in [0.717, 1.165) is 41.5 Å². The first-order valence-corrected chi connectivity index (χ1v) is 7.64. The zero-order valence-electron chi connectivity index (χ0n) is 13.1. The van der Waals surface area contributed by atoms with Crippen LogP contribution in [-0.4, -0.2) is 31.8 Å². The van der Waals surface area contributed by atoms with Crippen LogP contribution in [0.4, 0.5) is 5.69 Å². The van der Waals surface area contributed by atoms with Gasteiger partial charge in [0.15, 0.2) is 0 Å². The molecule has 2 unspecified atom stereocenters. The van der Waals surface area contributed by atoms with Crippen molar-refractivity contribution in [2.45, 2.75) is 45.7 Å². The Morgan fingerprint density at radius 1 is 1.50 bits per heavy atom.